The molecule has 1 aliphatic heterocycles. The van der Waals surface area contributed by atoms with Gasteiger partial charge < -0.3 is 5.32 Å². The minimum Gasteiger partial charge on any atom is -0.314 e. The van der Waals surface area contributed by atoms with Crippen molar-refractivity contribution in [1.82, 2.24) is 10.3 Å². The first-order valence-electron chi connectivity index (χ1n) is 7.22. The van der Waals surface area contributed by atoms with Crippen molar-refractivity contribution in [2.24, 2.45) is 5.41 Å². The molecule has 2 aliphatic rings. The predicted octanol–water partition coefficient (Wildman–Crippen LogP) is 3.57. The fraction of sp³-hybridized carbons (Fsp3) is 0.667. The molecule has 2 fully saturated rings. The summed E-state index contributed by atoms with van der Waals surface area (Å²) in [5.41, 5.74) is 0.674. The van der Waals surface area contributed by atoms with E-state index in [0.29, 0.717) is 11.5 Å². The minimum absolute atomic E-state index is 0.496. The highest BCUT2D eigenvalue weighted by Crippen LogP contribution is 2.54. The summed E-state index contributed by atoms with van der Waals surface area (Å²) >= 11 is 0. The van der Waals surface area contributed by atoms with E-state index >= 15 is 0 Å². The van der Waals surface area contributed by atoms with Crippen molar-refractivity contribution in [3.63, 3.8) is 0 Å². The number of hydrogen-bond donors (Lipinski definition) is 1. The van der Waals surface area contributed by atoms with Crippen LogP contribution in [0.15, 0.2) is 18.3 Å². The van der Waals surface area contributed by atoms with E-state index in [1.54, 1.807) is 0 Å². The van der Waals surface area contributed by atoms with Crippen LogP contribution in [0, 0.1) is 5.41 Å². The molecule has 2 nitrogen and oxygen atoms in total. The van der Waals surface area contributed by atoms with Gasteiger partial charge in [-0.25, -0.2) is 0 Å². The SMILES string of the molecule is FC(F)(F)c1ccc(CC[C@@H]2CC3(CCN2)CC3)nc1. The van der Waals surface area contributed by atoms with Gasteiger partial charge in [-0.05, 0) is 62.6 Å². The standard InChI is InChI=1S/C15H19F3N2/c16-15(17,18)11-1-2-12(20-10-11)3-4-13-9-14(5-6-14)7-8-19-13/h1-2,10,13,19H,3-9H2/t13-/m1/s1. The number of rotatable bonds is 3. The van der Waals surface area contributed by atoms with Gasteiger partial charge in [0.15, 0.2) is 0 Å². The Morgan fingerprint density at radius 2 is 2.05 bits per heavy atom. The van der Waals surface area contributed by atoms with Crippen LogP contribution in [0.4, 0.5) is 13.2 Å². The monoisotopic (exact) mass is 284 g/mol. The lowest BCUT2D eigenvalue weighted by Crippen LogP contribution is -2.39. The molecule has 5 heteroatoms. The zero-order valence-electron chi connectivity index (χ0n) is 11.3. The van der Waals surface area contributed by atoms with Crippen LogP contribution >= 0.6 is 0 Å². The molecule has 1 spiro atoms. The molecule has 0 unspecified atom stereocenters. The van der Waals surface area contributed by atoms with Crippen molar-refractivity contribution in [1.29, 1.82) is 0 Å². The molecule has 110 valence electrons. The fourth-order valence-corrected chi connectivity index (χ4v) is 3.14. The summed E-state index contributed by atoms with van der Waals surface area (Å²) in [5.74, 6) is 0. The Labute approximate surface area is 116 Å². The van der Waals surface area contributed by atoms with Crippen LogP contribution in [0.5, 0.6) is 0 Å². The normalized spacial score (nSPS) is 24.9. The van der Waals surface area contributed by atoms with E-state index in [4.69, 9.17) is 0 Å². The Hall–Kier alpha value is -1.10. The maximum Gasteiger partial charge on any atom is 0.417 e. The van der Waals surface area contributed by atoms with Gasteiger partial charge in [0.05, 0.1) is 5.56 Å². The summed E-state index contributed by atoms with van der Waals surface area (Å²) in [4.78, 5) is 3.93. The number of aromatic nitrogens is 1. The highest BCUT2D eigenvalue weighted by molar-refractivity contribution is 5.17. The van der Waals surface area contributed by atoms with Gasteiger partial charge in [0, 0.05) is 17.9 Å². The lowest BCUT2D eigenvalue weighted by molar-refractivity contribution is -0.137. The largest absolute Gasteiger partial charge is 0.417 e. The lowest BCUT2D eigenvalue weighted by atomic mass is 9.87. The molecule has 1 aromatic heterocycles. The summed E-state index contributed by atoms with van der Waals surface area (Å²) in [6.07, 6.45) is 3.54. The molecule has 1 saturated heterocycles. The van der Waals surface area contributed by atoms with Gasteiger partial charge in [0.1, 0.15) is 0 Å². The van der Waals surface area contributed by atoms with E-state index in [0.717, 1.165) is 37.3 Å². The molecule has 0 amide bonds. The number of pyridine rings is 1. The van der Waals surface area contributed by atoms with E-state index in [1.807, 2.05) is 0 Å². The average molecular weight is 284 g/mol. The van der Waals surface area contributed by atoms with Crippen molar-refractivity contribution in [2.45, 2.75) is 50.7 Å². The molecule has 1 aliphatic carbocycles. The molecule has 1 N–H and O–H groups in total. The van der Waals surface area contributed by atoms with E-state index in [-0.39, 0.29) is 0 Å². The number of piperidine rings is 1. The number of halogens is 3. The Morgan fingerprint density at radius 1 is 1.25 bits per heavy atom. The summed E-state index contributed by atoms with van der Waals surface area (Å²) < 4.78 is 37.3. The van der Waals surface area contributed by atoms with Gasteiger partial charge in [-0.15, -0.1) is 0 Å². The fourth-order valence-electron chi connectivity index (χ4n) is 3.14. The van der Waals surface area contributed by atoms with Gasteiger partial charge in [-0.1, -0.05) is 0 Å². The third-order valence-electron chi connectivity index (χ3n) is 4.63. The smallest absolute Gasteiger partial charge is 0.314 e. The molecule has 1 aromatic rings. The Balaban J connectivity index is 1.53. The zero-order valence-corrected chi connectivity index (χ0v) is 11.3. The maximum absolute atomic E-state index is 12.4. The van der Waals surface area contributed by atoms with Crippen molar-refractivity contribution < 1.29 is 13.2 Å². The van der Waals surface area contributed by atoms with Crippen LogP contribution in [-0.2, 0) is 12.6 Å². The van der Waals surface area contributed by atoms with Crippen molar-refractivity contribution in [3.05, 3.63) is 29.6 Å². The second-order valence-corrected chi connectivity index (χ2v) is 6.18. The van der Waals surface area contributed by atoms with Crippen LogP contribution in [0.25, 0.3) is 0 Å². The Kier molecular flexibility index (Phi) is 3.48. The van der Waals surface area contributed by atoms with Crippen molar-refractivity contribution in [2.75, 3.05) is 6.54 Å². The van der Waals surface area contributed by atoms with E-state index in [1.165, 1.54) is 31.7 Å². The molecular formula is C15H19F3N2. The van der Waals surface area contributed by atoms with Crippen LogP contribution in [0.3, 0.4) is 0 Å². The highest BCUT2D eigenvalue weighted by Gasteiger charge is 2.45. The number of aryl methyl sites for hydroxylation is 1. The first-order valence-corrected chi connectivity index (χ1v) is 7.22. The van der Waals surface area contributed by atoms with E-state index in [9.17, 15) is 13.2 Å². The van der Waals surface area contributed by atoms with Crippen molar-refractivity contribution >= 4 is 0 Å². The average Bonchev–Trinajstić information content (AvgIpc) is 3.15. The minimum atomic E-state index is -4.30. The molecule has 0 aromatic carbocycles. The first kappa shape index (κ1) is 13.9. The Bertz CT molecular complexity index is 463. The molecule has 3 rings (SSSR count). The third kappa shape index (κ3) is 3.14. The molecule has 1 saturated carbocycles. The summed E-state index contributed by atoms with van der Waals surface area (Å²) in [7, 11) is 0. The number of alkyl halides is 3. The summed E-state index contributed by atoms with van der Waals surface area (Å²) in [6.45, 7) is 1.07. The zero-order chi connectivity index (χ0) is 14.2. The van der Waals surface area contributed by atoms with Gasteiger partial charge in [0.25, 0.3) is 0 Å². The molecule has 1 atom stereocenters. The molecule has 0 bridgehead atoms. The second kappa shape index (κ2) is 5.02. The van der Waals surface area contributed by atoms with Crippen LogP contribution in [0.1, 0.15) is 43.4 Å². The Morgan fingerprint density at radius 3 is 2.65 bits per heavy atom. The first-order chi connectivity index (χ1) is 9.47. The molecule has 2 heterocycles. The van der Waals surface area contributed by atoms with Crippen LogP contribution in [0.2, 0.25) is 0 Å². The van der Waals surface area contributed by atoms with Gasteiger partial charge in [-0.2, -0.15) is 13.2 Å². The van der Waals surface area contributed by atoms with Crippen molar-refractivity contribution in [3.8, 4) is 0 Å². The topological polar surface area (TPSA) is 24.9 Å². The maximum atomic E-state index is 12.4. The molecule has 0 radical (unpaired) electrons. The summed E-state index contributed by atoms with van der Waals surface area (Å²) in [6, 6.07) is 3.12. The second-order valence-electron chi connectivity index (χ2n) is 6.18. The quantitative estimate of drug-likeness (QED) is 0.918. The van der Waals surface area contributed by atoms with Crippen LogP contribution in [-0.4, -0.2) is 17.6 Å². The van der Waals surface area contributed by atoms with E-state index < -0.39 is 11.7 Å². The number of hydrogen-bond acceptors (Lipinski definition) is 2. The van der Waals surface area contributed by atoms with Gasteiger partial charge in [0.2, 0.25) is 0 Å². The third-order valence-corrected chi connectivity index (χ3v) is 4.63. The lowest BCUT2D eigenvalue weighted by Gasteiger charge is -2.30. The molecule has 20 heavy (non-hydrogen) atoms. The van der Waals surface area contributed by atoms with E-state index in [2.05, 4.69) is 10.3 Å². The number of nitrogens with one attached hydrogen (secondary N) is 1. The summed E-state index contributed by atoms with van der Waals surface area (Å²) in [5, 5.41) is 3.51. The van der Waals surface area contributed by atoms with Gasteiger partial charge in [-0.3, -0.25) is 4.98 Å². The highest BCUT2D eigenvalue weighted by atomic mass is 19.4. The number of nitrogens with zero attached hydrogens (tertiary/aromatic N) is 1. The predicted molar refractivity (Wildman–Crippen MR) is 70.3 cm³/mol. The van der Waals surface area contributed by atoms with Crippen LogP contribution < -0.4 is 5.32 Å². The molecular weight excluding hydrogens is 265 g/mol. The van der Waals surface area contributed by atoms with Gasteiger partial charge >= 0.3 is 6.18 Å².